The van der Waals surface area contributed by atoms with Crippen molar-refractivity contribution in [2.45, 2.75) is 0 Å². The van der Waals surface area contributed by atoms with Gasteiger partial charge in [-0.3, -0.25) is 0 Å². The van der Waals surface area contributed by atoms with Crippen LogP contribution in [0.5, 0.6) is 0 Å². The molecule has 0 bridgehead atoms. The lowest BCUT2D eigenvalue weighted by molar-refractivity contribution is 0.669. The Morgan fingerprint density at radius 2 is 0.857 bits per heavy atom. The Morgan fingerprint density at radius 3 is 1.59 bits per heavy atom. The quantitative estimate of drug-likeness (QED) is 0.169. The zero-order valence-electron chi connectivity index (χ0n) is 29.9. The van der Waals surface area contributed by atoms with Crippen molar-refractivity contribution in [2.75, 3.05) is 0 Å². The highest BCUT2D eigenvalue weighted by atomic mass is 32.1. The fourth-order valence-electron chi connectivity index (χ4n) is 8.57. The summed E-state index contributed by atoms with van der Waals surface area (Å²) in [7, 11) is 0. The molecule has 56 heavy (non-hydrogen) atoms. The van der Waals surface area contributed by atoms with Gasteiger partial charge in [-0.05, 0) is 79.8 Å². The van der Waals surface area contributed by atoms with Crippen LogP contribution in [0.15, 0.2) is 180 Å². The van der Waals surface area contributed by atoms with Gasteiger partial charge in [0.25, 0.3) is 0 Å². The van der Waals surface area contributed by atoms with Gasteiger partial charge in [0.2, 0.25) is 0 Å². The Balaban J connectivity index is 1.08. The fourth-order valence-corrected chi connectivity index (χ4v) is 9.71. The number of fused-ring (bicyclic) bond motifs is 12. The molecular weight excluding hydrogens is 703 g/mol. The van der Waals surface area contributed by atoms with Crippen molar-refractivity contribution in [2.24, 2.45) is 0 Å². The first-order valence-electron chi connectivity index (χ1n) is 18.8. The Labute approximate surface area is 325 Å². The second-order valence-electron chi connectivity index (χ2n) is 14.3. The topological polar surface area (TPSA) is 51.8 Å². The lowest BCUT2D eigenvalue weighted by atomic mass is 9.92. The molecule has 0 radical (unpaired) electrons. The maximum atomic E-state index is 6.54. The standard InChI is InChI=1S/C51H29N3OS/c1-2-12-30(13-3-1)49-52-50(54-51(53-49)40-20-11-23-46-48(40)38-18-8-9-22-45(38)56-46)39-19-10-21-44-47(39)42-29-32(25-27-43(42)55-44)31-24-26-37-35-16-5-4-14-33(35)34-15-6-7-17-36(34)41(37)28-31/h1-29H. The van der Waals surface area contributed by atoms with Crippen molar-refractivity contribution < 1.29 is 4.42 Å². The summed E-state index contributed by atoms with van der Waals surface area (Å²) in [6, 6.07) is 62.1. The van der Waals surface area contributed by atoms with E-state index >= 15 is 0 Å². The summed E-state index contributed by atoms with van der Waals surface area (Å²) in [4.78, 5) is 15.6. The van der Waals surface area contributed by atoms with Crippen LogP contribution in [0.2, 0.25) is 0 Å². The molecule has 0 spiro atoms. The monoisotopic (exact) mass is 731 g/mol. The predicted molar refractivity (Wildman–Crippen MR) is 234 cm³/mol. The third-order valence-electron chi connectivity index (χ3n) is 11.1. The molecular formula is C51H29N3OS. The van der Waals surface area contributed by atoms with Crippen molar-refractivity contribution in [1.29, 1.82) is 0 Å². The van der Waals surface area contributed by atoms with Gasteiger partial charge in [-0.1, -0.05) is 140 Å². The highest BCUT2D eigenvalue weighted by molar-refractivity contribution is 7.25. The number of benzene rings is 9. The molecule has 0 aliphatic carbocycles. The van der Waals surface area contributed by atoms with E-state index in [1.54, 1.807) is 11.3 Å². The first-order chi connectivity index (χ1) is 27.7. The van der Waals surface area contributed by atoms with Crippen LogP contribution in [-0.2, 0) is 0 Å². The minimum atomic E-state index is 0.605. The molecule has 5 heteroatoms. The molecule has 3 aromatic heterocycles. The number of furan rings is 1. The number of rotatable bonds is 4. The fraction of sp³-hybridized carbons (Fsp3) is 0. The molecule has 0 atom stereocenters. The molecule has 0 saturated carbocycles. The van der Waals surface area contributed by atoms with Gasteiger partial charge in [0, 0.05) is 47.6 Å². The van der Waals surface area contributed by atoms with E-state index in [4.69, 9.17) is 19.4 Å². The molecule has 0 unspecified atom stereocenters. The van der Waals surface area contributed by atoms with Gasteiger partial charge >= 0.3 is 0 Å². The summed E-state index contributed by atoms with van der Waals surface area (Å²) in [6.45, 7) is 0. The number of hydrogen-bond acceptors (Lipinski definition) is 5. The number of nitrogens with zero attached hydrogens (tertiary/aromatic N) is 3. The van der Waals surface area contributed by atoms with Crippen molar-refractivity contribution in [3.8, 4) is 45.3 Å². The zero-order valence-corrected chi connectivity index (χ0v) is 30.7. The smallest absolute Gasteiger partial charge is 0.164 e. The molecule has 0 aliphatic heterocycles. The van der Waals surface area contributed by atoms with Gasteiger partial charge in [-0.2, -0.15) is 0 Å². The molecule has 4 nitrogen and oxygen atoms in total. The van der Waals surface area contributed by atoms with E-state index in [0.717, 1.165) is 55.1 Å². The summed E-state index contributed by atoms with van der Waals surface area (Å²) in [6.07, 6.45) is 0. The molecule has 9 aromatic carbocycles. The van der Waals surface area contributed by atoms with E-state index in [1.807, 2.05) is 30.3 Å². The maximum Gasteiger partial charge on any atom is 0.164 e. The molecule has 0 saturated heterocycles. The summed E-state index contributed by atoms with van der Waals surface area (Å²) in [5.41, 5.74) is 6.70. The van der Waals surface area contributed by atoms with Crippen molar-refractivity contribution in [3.63, 3.8) is 0 Å². The first-order valence-corrected chi connectivity index (χ1v) is 19.6. The third-order valence-corrected chi connectivity index (χ3v) is 12.3. The second kappa shape index (κ2) is 12.2. The van der Waals surface area contributed by atoms with Crippen LogP contribution in [0.3, 0.4) is 0 Å². The van der Waals surface area contributed by atoms with Gasteiger partial charge in [0.1, 0.15) is 11.2 Å². The van der Waals surface area contributed by atoms with Crippen LogP contribution in [0.1, 0.15) is 0 Å². The SMILES string of the molecule is c1ccc(-c2nc(-c3cccc4oc5ccc(-c6ccc7c8ccccc8c8ccccc8c7c6)cc5c34)nc(-c3cccc4sc5ccccc5c34)n2)cc1. The van der Waals surface area contributed by atoms with E-state index in [0.29, 0.717) is 17.5 Å². The average Bonchev–Trinajstić information content (AvgIpc) is 3.85. The Kier molecular flexibility index (Phi) is 6.76. The van der Waals surface area contributed by atoms with Gasteiger partial charge in [-0.25, -0.2) is 15.0 Å². The van der Waals surface area contributed by atoms with E-state index in [-0.39, 0.29) is 0 Å². The summed E-state index contributed by atoms with van der Waals surface area (Å²) >= 11 is 1.79. The van der Waals surface area contributed by atoms with Crippen LogP contribution in [0, 0.1) is 0 Å². The van der Waals surface area contributed by atoms with Gasteiger partial charge in [-0.15, -0.1) is 11.3 Å². The van der Waals surface area contributed by atoms with Crippen molar-refractivity contribution in [1.82, 2.24) is 15.0 Å². The minimum absolute atomic E-state index is 0.605. The molecule has 0 N–H and O–H groups in total. The maximum absolute atomic E-state index is 6.54. The highest BCUT2D eigenvalue weighted by Crippen LogP contribution is 2.43. The van der Waals surface area contributed by atoms with Gasteiger partial charge in [0.15, 0.2) is 17.5 Å². The number of hydrogen-bond donors (Lipinski definition) is 0. The lowest BCUT2D eigenvalue weighted by Crippen LogP contribution is -2.00. The molecule has 12 aromatic rings. The summed E-state index contributed by atoms with van der Waals surface area (Å²) < 4.78 is 8.98. The molecule has 0 fully saturated rings. The Bertz CT molecular complexity index is 3510. The Hall–Kier alpha value is -7.21. The number of thiophene rings is 1. The van der Waals surface area contributed by atoms with Crippen molar-refractivity contribution >= 4 is 85.8 Å². The molecule has 0 aliphatic rings. The molecule has 3 heterocycles. The highest BCUT2D eigenvalue weighted by Gasteiger charge is 2.20. The number of aromatic nitrogens is 3. The van der Waals surface area contributed by atoms with E-state index in [2.05, 4.69) is 146 Å². The van der Waals surface area contributed by atoms with E-state index in [9.17, 15) is 0 Å². The van der Waals surface area contributed by atoms with E-state index in [1.165, 1.54) is 47.1 Å². The second-order valence-corrected chi connectivity index (χ2v) is 15.4. The van der Waals surface area contributed by atoms with Crippen LogP contribution in [0.4, 0.5) is 0 Å². The zero-order chi connectivity index (χ0) is 36.7. The van der Waals surface area contributed by atoms with Crippen LogP contribution in [-0.4, -0.2) is 15.0 Å². The van der Waals surface area contributed by atoms with Crippen LogP contribution < -0.4 is 0 Å². The normalized spacial score (nSPS) is 11.9. The largest absolute Gasteiger partial charge is 0.456 e. The van der Waals surface area contributed by atoms with Crippen LogP contribution >= 0.6 is 11.3 Å². The van der Waals surface area contributed by atoms with Gasteiger partial charge in [0.05, 0.1) is 0 Å². The van der Waals surface area contributed by atoms with Crippen molar-refractivity contribution in [3.05, 3.63) is 176 Å². The first kappa shape index (κ1) is 31.2. The molecule has 260 valence electrons. The average molecular weight is 732 g/mol. The summed E-state index contributed by atoms with van der Waals surface area (Å²) in [5.74, 6) is 1.88. The lowest BCUT2D eigenvalue weighted by Gasteiger charge is -2.12. The minimum Gasteiger partial charge on any atom is -0.456 e. The van der Waals surface area contributed by atoms with Gasteiger partial charge < -0.3 is 4.42 Å². The third kappa shape index (κ3) is 4.75. The molecule has 0 amide bonds. The van der Waals surface area contributed by atoms with E-state index < -0.39 is 0 Å². The predicted octanol–water partition coefficient (Wildman–Crippen LogP) is 14.3. The van der Waals surface area contributed by atoms with Crippen LogP contribution in [0.25, 0.3) is 120 Å². The summed E-state index contributed by atoms with van der Waals surface area (Å²) in [5, 5.41) is 11.9. The Morgan fingerprint density at radius 1 is 0.321 bits per heavy atom. The molecule has 12 rings (SSSR count).